The lowest BCUT2D eigenvalue weighted by Crippen LogP contribution is -2.25. The normalized spacial score (nSPS) is 13.5. The summed E-state index contributed by atoms with van der Waals surface area (Å²) in [4.78, 5) is 10.7. The van der Waals surface area contributed by atoms with E-state index in [4.69, 9.17) is 5.11 Å². The van der Waals surface area contributed by atoms with Gasteiger partial charge in [-0.1, -0.05) is 0 Å². The first kappa shape index (κ1) is 13.4. The molecular weight excluding hydrogens is 242 g/mol. The molecule has 17 heavy (non-hydrogen) atoms. The van der Waals surface area contributed by atoms with Gasteiger partial charge in [0.05, 0.1) is 5.56 Å². The number of rotatable bonds is 3. The Morgan fingerprint density at radius 1 is 1.35 bits per heavy atom. The molecule has 94 valence electrons. The highest BCUT2D eigenvalue weighted by molar-refractivity contribution is 5.75. The minimum Gasteiger partial charge on any atom is -0.480 e. The van der Waals surface area contributed by atoms with Crippen molar-refractivity contribution in [3.05, 3.63) is 35.1 Å². The quantitative estimate of drug-likeness (QED) is 0.809. The number of benzene rings is 1. The Morgan fingerprint density at radius 3 is 2.35 bits per heavy atom. The molecule has 0 radical (unpaired) electrons. The SMILES string of the molecule is CNC(C(=O)O)c1cc(F)cc(C(F)(F)F)c1. The first-order valence-electron chi connectivity index (χ1n) is 4.53. The molecule has 0 amide bonds. The molecule has 0 aliphatic heterocycles. The van der Waals surface area contributed by atoms with Crippen LogP contribution in [0.4, 0.5) is 17.6 Å². The Morgan fingerprint density at radius 2 is 1.94 bits per heavy atom. The van der Waals surface area contributed by atoms with E-state index in [1.807, 2.05) is 0 Å². The van der Waals surface area contributed by atoms with E-state index in [9.17, 15) is 22.4 Å². The lowest BCUT2D eigenvalue weighted by Gasteiger charge is -2.14. The molecule has 1 unspecified atom stereocenters. The number of carbonyl (C=O) groups is 1. The summed E-state index contributed by atoms with van der Waals surface area (Å²) in [7, 11) is 1.26. The van der Waals surface area contributed by atoms with Crippen LogP contribution < -0.4 is 5.32 Å². The van der Waals surface area contributed by atoms with Crippen LogP contribution in [0.1, 0.15) is 17.2 Å². The molecule has 1 aromatic rings. The van der Waals surface area contributed by atoms with Crippen LogP contribution in [0, 0.1) is 5.82 Å². The van der Waals surface area contributed by atoms with Crippen molar-refractivity contribution >= 4 is 5.97 Å². The molecule has 0 saturated carbocycles. The van der Waals surface area contributed by atoms with Crippen LogP contribution in [0.25, 0.3) is 0 Å². The maximum Gasteiger partial charge on any atom is 0.416 e. The second-order valence-corrected chi connectivity index (χ2v) is 3.33. The first-order chi connectivity index (χ1) is 7.75. The fourth-order valence-corrected chi connectivity index (χ4v) is 1.38. The number of carboxylic acids is 1. The summed E-state index contributed by atoms with van der Waals surface area (Å²) in [5.41, 5.74) is -1.50. The van der Waals surface area contributed by atoms with Crippen molar-refractivity contribution in [2.24, 2.45) is 0 Å². The van der Waals surface area contributed by atoms with Crippen LogP contribution in [0.5, 0.6) is 0 Å². The lowest BCUT2D eigenvalue weighted by molar-refractivity contribution is -0.140. The highest BCUT2D eigenvalue weighted by atomic mass is 19.4. The van der Waals surface area contributed by atoms with Crippen LogP contribution >= 0.6 is 0 Å². The van der Waals surface area contributed by atoms with E-state index in [0.29, 0.717) is 12.1 Å². The Labute approximate surface area is 94.1 Å². The minimum absolute atomic E-state index is 0.285. The fraction of sp³-hybridized carbons (Fsp3) is 0.300. The molecule has 0 bridgehead atoms. The molecule has 1 aromatic carbocycles. The third kappa shape index (κ3) is 3.16. The summed E-state index contributed by atoms with van der Waals surface area (Å²) in [6.45, 7) is 0. The number of aliphatic carboxylic acids is 1. The van der Waals surface area contributed by atoms with Gasteiger partial charge in [-0.15, -0.1) is 0 Å². The Balaban J connectivity index is 3.26. The molecule has 0 heterocycles. The van der Waals surface area contributed by atoms with Crippen molar-refractivity contribution < 1.29 is 27.5 Å². The second kappa shape index (κ2) is 4.70. The van der Waals surface area contributed by atoms with Gasteiger partial charge >= 0.3 is 12.1 Å². The fourth-order valence-electron chi connectivity index (χ4n) is 1.38. The molecule has 0 saturated heterocycles. The molecule has 3 nitrogen and oxygen atoms in total. The zero-order valence-corrected chi connectivity index (χ0v) is 8.68. The van der Waals surface area contributed by atoms with E-state index in [1.54, 1.807) is 0 Å². The molecule has 1 rings (SSSR count). The molecule has 0 aromatic heterocycles. The summed E-state index contributed by atoms with van der Waals surface area (Å²) >= 11 is 0. The molecule has 0 fully saturated rings. The van der Waals surface area contributed by atoms with Crippen molar-refractivity contribution in [1.82, 2.24) is 5.32 Å². The third-order valence-electron chi connectivity index (χ3n) is 2.12. The van der Waals surface area contributed by atoms with E-state index in [2.05, 4.69) is 5.32 Å². The van der Waals surface area contributed by atoms with Crippen LogP contribution in [0.15, 0.2) is 18.2 Å². The zero-order chi connectivity index (χ0) is 13.2. The number of hydrogen-bond donors (Lipinski definition) is 2. The molecule has 2 N–H and O–H groups in total. The number of likely N-dealkylation sites (N-methyl/N-ethyl adjacent to an activating group) is 1. The van der Waals surface area contributed by atoms with Gasteiger partial charge in [0, 0.05) is 0 Å². The van der Waals surface area contributed by atoms with Crippen LogP contribution in [0.3, 0.4) is 0 Å². The van der Waals surface area contributed by atoms with Crippen LogP contribution in [-0.4, -0.2) is 18.1 Å². The molecule has 7 heteroatoms. The van der Waals surface area contributed by atoms with E-state index in [0.717, 1.165) is 6.07 Å². The second-order valence-electron chi connectivity index (χ2n) is 3.33. The summed E-state index contributed by atoms with van der Waals surface area (Å²) in [5, 5.41) is 11.0. The lowest BCUT2D eigenvalue weighted by atomic mass is 10.0. The maximum atomic E-state index is 13.0. The third-order valence-corrected chi connectivity index (χ3v) is 2.12. The highest BCUT2D eigenvalue weighted by Gasteiger charge is 2.32. The summed E-state index contributed by atoms with van der Waals surface area (Å²) < 4.78 is 50.1. The van der Waals surface area contributed by atoms with Gasteiger partial charge in [-0.05, 0) is 30.8 Å². The Hall–Kier alpha value is -1.63. The van der Waals surface area contributed by atoms with Gasteiger partial charge in [-0.25, -0.2) is 4.39 Å². The molecule has 1 atom stereocenters. The van der Waals surface area contributed by atoms with Crippen LogP contribution in [0.2, 0.25) is 0 Å². The minimum atomic E-state index is -4.71. The van der Waals surface area contributed by atoms with Gasteiger partial charge in [0.1, 0.15) is 11.9 Å². The first-order valence-corrected chi connectivity index (χ1v) is 4.53. The molecule has 0 aliphatic rings. The predicted octanol–water partition coefficient (Wildman–Crippen LogP) is 2.19. The number of nitrogens with one attached hydrogen (secondary N) is 1. The van der Waals surface area contributed by atoms with Gasteiger partial charge < -0.3 is 10.4 Å². The summed E-state index contributed by atoms with van der Waals surface area (Å²) in [5.74, 6) is -2.51. The standard InChI is InChI=1S/C10H9F4NO2/c1-15-8(9(16)17)5-2-6(10(12,13)14)4-7(11)3-5/h2-4,8,15H,1H3,(H,16,17). The van der Waals surface area contributed by atoms with Gasteiger partial charge in [-0.2, -0.15) is 13.2 Å². The molecular formula is C10H9F4NO2. The maximum absolute atomic E-state index is 13.0. The van der Waals surface area contributed by atoms with E-state index < -0.39 is 29.6 Å². The van der Waals surface area contributed by atoms with Crippen molar-refractivity contribution in [2.75, 3.05) is 7.05 Å². The highest BCUT2D eigenvalue weighted by Crippen LogP contribution is 2.31. The number of alkyl halides is 3. The molecule has 0 spiro atoms. The smallest absolute Gasteiger partial charge is 0.416 e. The Bertz CT molecular complexity index is 431. The number of hydrogen-bond acceptors (Lipinski definition) is 2. The summed E-state index contributed by atoms with van der Waals surface area (Å²) in [6, 6.07) is 0.299. The van der Waals surface area contributed by atoms with Crippen molar-refractivity contribution in [1.29, 1.82) is 0 Å². The van der Waals surface area contributed by atoms with Gasteiger partial charge in [0.15, 0.2) is 0 Å². The average Bonchev–Trinajstić information content (AvgIpc) is 2.15. The number of halogens is 4. The predicted molar refractivity (Wildman–Crippen MR) is 50.8 cm³/mol. The van der Waals surface area contributed by atoms with E-state index in [1.165, 1.54) is 7.05 Å². The van der Waals surface area contributed by atoms with E-state index >= 15 is 0 Å². The largest absolute Gasteiger partial charge is 0.480 e. The summed E-state index contributed by atoms with van der Waals surface area (Å²) in [6.07, 6.45) is -4.71. The van der Waals surface area contributed by atoms with Gasteiger partial charge in [-0.3, -0.25) is 4.79 Å². The van der Waals surface area contributed by atoms with Crippen molar-refractivity contribution in [3.63, 3.8) is 0 Å². The zero-order valence-electron chi connectivity index (χ0n) is 8.68. The van der Waals surface area contributed by atoms with Gasteiger partial charge in [0.25, 0.3) is 0 Å². The van der Waals surface area contributed by atoms with Crippen molar-refractivity contribution in [2.45, 2.75) is 12.2 Å². The average molecular weight is 251 g/mol. The van der Waals surface area contributed by atoms with Gasteiger partial charge in [0.2, 0.25) is 0 Å². The van der Waals surface area contributed by atoms with E-state index in [-0.39, 0.29) is 5.56 Å². The topological polar surface area (TPSA) is 49.3 Å². The monoisotopic (exact) mass is 251 g/mol. The number of carboxylic acid groups (broad SMARTS) is 1. The molecule has 0 aliphatic carbocycles. The van der Waals surface area contributed by atoms with Crippen molar-refractivity contribution in [3.8, 4) is 0 Å². The van der Waals surface area contributed by atoms with Crippen LogP contribution in [-0.2, 0) is 11.0 Å². The Kier molecular flexibility index (Phi) is 3.72.